The highest BCUT2D eigenvalue weighted by Crippen LogP contribution is 2.28. The minimum absolute atomic E-state index is 0.0613. The van der Waals surface area contributed by atoms with Gasteiger partial charge in [0.05, 0.1) is 23.3 Å². The largest absolute Gasteiger partial charge is 0.378 e. The lowest BCUT2D eigenvalue weighted by Gasteiger charge is -2.33. The maximum atomic E-state index is 12.9. The van der Waals surface area contributed by atoms with E-state index < -0.39 is 0 Å². The third-order valence-corrected chi connectivity index (χ3v) is 4.25. The lowest BCUT2D eigenvalue weighted by Crippen LogP contribution is -2.44. The molecule has 0 saturated carbocycles. The van der Waals surface area contributed by atoms with Crippen LogP contribution in [0.15, 0.2) is 24.3 Å². The van der Waals surface area contributed by atoms with Crippen molar-refractivity contribution >= 4 is 17.5 Å². The monoisotopic (exact) mass is 288 g/mol. The summed E-state index contributed by atoms with van der Waals surface area (Å²) in [6, 6.07) is 7.28. The van der Waals surface area contributed by atoms with Gasteiger partial charge in [-0.25, -0.2) is 0 Å². The number of carbonyl (C=O) groups excluding carboxylic acids is 2. The first-order valence-electron chi connectivity index (χ1n) is 7.48. The van der Waals surface area contributed by atoms with Gasteiger partial charge in [-0.3, -0.25) is 9.59 Å². The molecule has 112 valence electrons. The maximum Gasteiger partial charge on any atom is 0.253 e. The van der Waals surface area contributed by atoms with Crippen molar-refractivity contribution in [2.45, 2.75) is 25.9 Å². The Morgan fingerprint density at radius 2 is 2.19 bits per heavy atom. The number of anilines is 1. The summed E-state index contributed by atoms with van der Waals surface area (Å²) in [4.78, 5) is 26.7. The zero-order valence-electron chi connectivity index (χ0n) is 12.2. The van der Waals surface area contributed by atoms with Crippen molar-refractivity contribution in [1.29, 1.82) is 0 Å². The maximum absolute atomic E-state index is 12.9. The standard InChI is InChI=1S/C16H20N2O3/c1-11-12(6-4-10-21-11)16(20)18-9-8-17-15(19)13-5-2-3-7-14(13)18/h2-3,5,7,11-12H,4,6,8-10H2,1H3,(H,17,19). The SMILES string of the molecule is CC1OCCCC1C(=O)N1CCNC(=O)c2ccccc21. The number of carbonyl (C=O) groups is 2. The van der Waals surface area contributed by atoms with Crippen molar-refractivity contribution < 1.29 is 14.3 Å². The van der Waals surface area contributed by atoms with Crippen LogP contribution in [0.3, 0.4) is 0 Å². The first-order chi connectivity index (χ1) is 10.2. The number of ether oxygens (including phenoxy) is 1. The van der Waals surface area contributed by atoms with E-state index in [1.807, 2.05) is 25.1 Å². The van der Waals surface area contributed by atoms with Crippen LogP contribution in [0.5, 0.6) is 0 Å². The van der Waals surface area contributed by atoms with Gasteiger partial charge in [-0.1, -0.05) is 12.1 Å². The van der Waals surface area contributed by atoms with Crippen LogP contribution >= 0.6 is 0 Å². The second kappa shape index (κ2) is 5.85. The normalized spacial score (nSPS) is 25.8. The van der Waals surface area contributed by atoms with E-state index in [4.69, 9.17) is 4.74 Å². The summed E-state index contributed by atoms with van der Waals surface area (Å²) >= 11 is 0. The van der Waals surface area contributed by atoms with Gasteiger partial charge in [0.1, 0.15) is 0 Å². The number of hydrogen-bond acceptors (Lipinski definition) is 3. The number of nitrogens with zero attached hydrogens (tertiary/aromatic N) is 1. The molecule has 2 atom stereocenters. The molecule has 0 aliphatic carbocycles. The zero-order chi connectivity index (χ0) is 14.8. The molecular weight excluding hydrogens is 268 g/mol. The van der Waals surface area contributed by atoms with Crippen molar-refractivity contribution in [3.8, 4) is 0 Å². The second-order valence-electron chi connectivity index (χ2n) is 5.59. The topological polar surface area (TPSA) is 58.6 Å². The summed E-state index contributed by atoms with van der Waals surface area (Å²) in [6.45, 7) is 3.66. The molecule has 5 heteroatoms. The summed E-state index contributed by atoms with van der Waals surface area (Å²) in [6.07, 6.45) is 1.69. The van der Waals surface area contributed by atoms with Gasteiger partial charge in [-0.15, -0.1) is 0 Å². The summed E-state index contributed by atoms with van der Waals surface area (Å²) in [5.74, 6) is -0.181. The molecule has 1 saturated heterocycles. The van der Waals surface area contributed by atoms with E-state index in [9.17, 15) is 9.59 Å². The summed E-state index contributed by atoms with van der Waals surface area (Å²) in [5, 5.41) is 2.84. The molecule has 2 unspecified atom stereocenters. The summed E-state index contributed by atoms with van der Waals surface area (Å²) < 4.78 is 5.61. The smallest absolute Gasteiger partial charge is 0.253 e. The zero-order valence-corrected chi connectivity index (χ0v) is 12.2. The molecular formula is C16H20N2O3. The van der Waals surface area contributed by atoms with Crippen LogP contribution in [0.4, 0.5) is 5.69 Å². The number of benzene rings is 1. The molecule has 2 amide bonds. The van der Waals surface area contributed by atoms with Gasteiger partial charge in [0.25, 0.3) is 5.91 Å². The molecule has 1 fully saturated rings. The molecule has 0 aromatic heterocycles. The predicted octanol–water partition coefficient (Wildman–Crippen LogP) is 1.58. The summed E-state index contributed by atoms with van der Waals surface area (Å²) in [7, 11) is 0. The average Bonchev–Trinajstić information content (AvgIpc) is 2.67. The Morgan fingerprint density at radius 3 is 3.00 bits per heavy atom. The van der Waals surface area contributed by atoms with E-state index >= 15 is 0 Å². The van der Waals surface area contributed by atoms with Crippen LogP contribution in [0, 0.1) is 5.92 Å². The lowest BCUT2D eigenvalue weighted by molar-refractivity contribution is -0.130. The van der Waals surface area contributed by atoms with Gasteiger partial charge in [-0.2, -0.15) is 0 Å². The Kier molecular flexibility index (Phi) is 3.92. The van der Waals surface area contributed by atoms with Crippen LogP contribution < -0.4 is 10.2 Å². The van der Waals surface area contributed by atoms with Crippen molar-refractivity contribution in [3.63, 3.8) is 0 Å². The van der Waals surface area contributed by atoms with E-state index in [0.717, 1.165) is 19.4 Å². The van der Waals surface area contributed by atoms with Crippen molar-refractivity contribution in [2.75, 3.05) is 24.6 Å². The molecule has 0 bridgehead atoms. The van der Waals surface area contributed by atoms with Crippen molar-refractivity contribution in [2.24, 2.45) is 5.92 Å². The predicted molar refractivity (Wildman–Crippen MR) is 79.3 cm³/mol. The van der Waals surface area contributed by atoms with Crippen LogP contribution in [0.2, 0.25) is 0 Å². The first-order valence-corrected chi connectivity index (χ1v) is 7.48. The van der Waals surface area contributed by atoms with Crippen LogP contribution in [0.25, 0.3) is 0 Å². The number of para-hydroxylation sites is 1. The van der Waals surface area contributed by atoms with Crippen LogP contribution in [-0.2, 0) is 9.53 Å². The van der Waals surface area contributed by atoms with E-state index in [2.05, 4.69) is 5.32 Å². The van der Waals surface area contributed by atoms with Crippen molar-refractivity contribution in [1.82, 2.24) is 5.32 Å². The third kappa shape index (κ3) is 2.65. The van der Waals surface area contributed by atoms with Gasteiger partial charge in [0.15, 0.2) is 0 Å². The molecule has 5 nitrogen and oxygen atoms in total. The van der Waals surface area contributed by atoms with E-state index in [1.54, 1.807) is 11.0 Å². The minimum Gasteiger partial charge on any atom is -0.378 e. The minimum atomic E-state index is -0.125. The van der Waals surface area contributed by atoms with E-state index in [1.165, 1.54) is 0 Å². The fraction of sp³-hybridized carbons (Fsp3) is 0.500. The van der Waals surface area contributed by atoms with Gasteiger partial charge in [-0.05, 0) is 31.9 Å². The van der Waals surface area contributed by atoms with Gasteiger partial charge < -0.3 is 15.0 Å². The number of hydrogen-bond donors (Lipinski definition) is 1. The average molecular weight is 288 g/mol. The fourth-order valence-electron chi connectivity index (χ4n) is 3.07. The number of nitrogens with one attached hydrogen (secondary N) is 1. The lowest BCUT2D eigenvalue weighted by atomic mass is 9.93. The van der Waals surface area contributed by atoms with E-state index in [-0.39, 0.29) is 23.8 Å². The van der Waals surface area contributed by atoms with Crippen LogP contribution in [0.1, 0.15) is 30.1 Å². The molecule has 0 spiro atoms. The Labute approximate surface area is 124 Å². The number of fused-ring (bicyclic) bond motifs is 1. The van der Waals surface area contributed by atoms with E-state index in [0.29, 0.717) is 24.3 Å². The number of amides is 2. The highest BCUT2D eigenvalue weighted by atomic mass is 16.5. The Hall–Kier alpha value is -1.88. The highest BCUT2D eigenvalue weighted by Gasteiger charge is 2.34. The molecule has 3 rings (SSSR count). The molecule has 1 aromatic carbocycles. The second-order valence-corrected chi connectivity index (χ2v) is 5.59. The number of rotatable bonds is 1. The van der Waals surface area contributed by atoms with Crippen molar-refractivity contribution in [3.05, 3.63) is 29.8 Å². The Balaban J connectivity index is 1.92. The Bertz CT molecular complexity index is 558. The molecule has 1 N–H and O–H groups in total. The highest BCUT2D eigenvalue weighted by molar-refractivity contribution is 6.06. The molecule has 0 radical (unpaired) electrons. The van der Waals surface area contributed by atoms with Gasteiger partial charge in [0, 0.05) is 19.7 Å². The summed E-state index contributed by atoms with van der Waals surface area (Å²) in [5.41, 5.74) is 1.27. The molecule has 2 aliphatic rings. The fourth-order valence-corrected chi connectivity index (χ4v) is 3.07. The van der Waals surface area contributed by atoms with Crippen LogP contribution in [-0.4, -0.2) is 37.6 Å². The molecule has 1 aromatic rings. The first kappa shape index (κ1) is 14.1. The molecule has 21 heavy (non-hydrogen) atoms. The van der Waals surface area contributed by atoms with Gasteiger partial charge >= 0.3 is 0 Å². The molecule has 2 aliphatic heterocycles. The third-order valence-electron chi connectivity index (χ3n) is 4.25. The van der Waals surface area contributed by atoms with Gasteiger partial charge in [0.2, 0.25) is 5.91 Å². The quantitative estimate of drug-likeness (QED) is 0.853. The molecule has 2 heterocycles. The Morgan fingerprint density at radius 1 is 1.38 bits per heavy atom.